The Morgan fingerprint density at radius 3 is 2.83 bits per heavy atom. The third-order valence-electron chi connectivity index (χ3n) is 3.26. The maximum Gasteiger partial charge on any atom is 0.335 e. The number of carboxylic acid groups (broad SMARTS) is 1. The molecule has 3 rings (SSSR count). The molecule has 1 aliphatic heterocycles. The normalized spacial score (nSPS) is 18.6. The van der Waals surface area contributed by atoms with Crippen LogP contribution in [0.25, 0.3) is 0 Å². The molecule has 1 atom stereocenters. The summed E-state index contributed by atoms with van der Waals surface area (Å²) in [6.45, 7) is 0. The monoisotopic (exact) mass is 358 g/mol. The molecule has 3 N–H and O–H groups in total. The van der Waals surface area contributed by atoms with Gasteiger partial charge < -0.3 is 15.7 Å². The lowest BCUT2D eigenvalue weighted by atomic mass is 10.1. The lowest BCUT2D eigenvalue weighted by Crippen LogP contribution is -2.50. The highest BCUT2D eigenvalue weighted by atomic mass is 32.2. The van der Waals surface area contributed by atoms with Crippen LogP contribution in [0.5, 0.6) is 0 Å². The van der Waals surface area contributed by atoms with Crippen LogP contribution in [0.4, 0.5) is 0 Å². The largest absolute Gasteiger partial charge is 0.478 e. The van der Waals surface area contributed by atoms with E-state index in [4.69, 9.17) is 5.11 Å². The highest BCUT2D eigenvalue weighted by Gasteiger charge is 2.40. The Balaban J connectivity index is 1.92. The van der Waals surface area contributed by atoms with E-state index in [1.165, 1.54) is 52.9 Å². The number of aromatic carboxylic acids is 1. The van der Waals surface area contributed by atoms with Gasteiger partial charge in [0.1, 0.15) is 16.6 Å². The Labute approximate surface area is 145 Å². The van der Waals surface area contributed by atoms with E-state index in [-0.39, 0.29) is 11.1 Å². The van der Waals surface area contributed by atoms with Gasteiger partial charge >= 0.3 is 5.97 Å². The maximum absolute atomic E-state index is 12.6. The zero-order valence-corrected chi connectivity index (χ0v) is 13.6. The Bertz CT molecular complexity index is 877. The van der Waals surface area contributed by atoms with Crippen molar-refractivity contribution >= 4 is 35.0 Å². The fourth-order valence-corrected chi connectivity index (χ4v) is 3.76. The molecule has 1 aliphatic rings. The molecule has 120 valence electrons. The number of aromatic nitrogens is 1. The van der Waals surface area contributed by atoms with Crippen LogP contribution in [0.3, 0.4) is 0 Å². The van der Waals surface area contributed by atoms with Crippen molar-refractivity contribution in [2.45, 2.75) is 4.99 Å². The third kappa shape index (κ3) is 2.84. The first-order valence-electron chi connectivity index (χ1n) is 6.66. The van der Waals surface area contributed by atoms with Crippen LogP contribution in [-0.4, -0.2) is 22.0 Å². The smallest absolute Gasteiger partial charge is 0.335 e. The molecule has 1 amide bonds. The summed E-state index contributed by atoms with van der Waals surface area (Å²) in [5.74, 6) is -1.58. The molecule has 1 aromatic heterocycles. The van der Waals surface area contributed by atoms with Gasteiger partial charge in [-0.25, -0.2) is 9.78 Å². The van der Waals surface area contributed by atoms with Crippen LogP contribution in [-0.2, 0) is 4.99 Å². The molecule has 2 heterocycles. The number of thiazole rings is 1. The first-order chi connectivity index (χ1) is 11.6. The minimum absolute atomic E-state index is 0.0215. The van der Waals surface area contributed by atoms with Crippen LogP contribution in [0, 0.1) is 11.3 Å². The second kappa shape index (κ2) is 6.35. The lowest BCUT2D eigenvalue weighted by Gasteiger charge is -2.28. The number of rotatable bonds is 4. The predicted octanol–water partition coefficient (Wildman–Crippen LogP) is 2.06. The number of hydrogen-bond donors (Lipinski definition) is 3. The molecule has 1 aromatic carbocycles. The average Bonchev–Trinajstić information content (AvgIpc) is 3.24. The van der Waals surface area contributed by atoms with Gasteiger partial charge in [-0.2, -0.15) is 5.26 Å². The Hall–Kier alpha value is -2.83. The number of hydrogen-bond acceptors (Lipinski definition) is 7. The fraction of sp³-hybridized carbons (Fsp3) is 0.0667. The van der Waals surface area contributed by atoms with Crippen molar-refractivity contribution in [1.29, 1.82) is 5.26 Å². The molecule has 2 aromatic rings. The number of carbonyl (C=O) groups excluding carboxylic acids is 1. The van der Waals surface area contributed by atoms with E-state index in [1.54, 1.807) is 11.6 Å². The molecular weight excluding hydrogens is 348 g/mol. The van der Waals surface area contributed by atoms with Gasteiger partial charge in [-0.15, -0.1) is 11.3 Å². The molecule has 0 spiro atoms. The summed E-state index contributed by atoms with van der Waals surface area (Å²) in [5, 5.41) is 25.8. The quantitative estimate of drug-likeness (QED) is 0.766. The SMILES string of the molecule is N#Cc1scnc1C1(NC(=O)c2cccc(C(=O)O)c2)NC=CS1. The highest BCUT2D eigenvalue weighted by molar-refractivity contribution is 8.03. The Kier molecular flexibility index (Phi) is 4.24. The zero-order valence-electron chi connectivity index (χ0n) is 12.0. The van der Waals surface area contributed by atoms with Crippen LogP contribution in [0.1, 0.15) is 31.3 Å². The van der Waals surface area contributed by atoms with Crippen LogP contribution < -0.4 is 10.6 Å². The van der Waals surface area contributed by atoms with Crippen molar-refractivity contribution < 1.29 is 14.7 Å². The minimum atomic E-state index is -1.11. The van der Waals surface area contributed by atoms with E-state index < -0.39 is 16.9 Å². The van der Waals surface area contributed by atoms with Gasteiger partial charge in [0.05, 0.1) is 11.1 Å². The van der Waals surface area contributed by atoms with Crippen LogP contribution in [0.2, 0.25) is 0 Å². The van der Waals surface area contributed by atoms with Crippen molar-refractivity contribution in [2.24, 2.45) is 0 Å². The lowest BCUT2D eigenvalue weighted by molar-refractivity contribution is 0.0697. The summed E-state index contributed by atoms with van der Waals surface area (Å²) in [5.41, 5.74) is 2.17. The Morgan fingerprint density at radius 2 is 2.17 bits per heavy atom. The molecule has 0 bridgehead atoms. The van der Waals surface area contributed by atoms with Crippen molar-refractivity contribution in [1.82, 2.24) is 15.6 Å². The maximum atomic E-state index is 12.6. The second-order valence-electron chi connectivity index (χ2n) is 4.73. The molecular formula is C15H10N4O3S2. The molecule has 24 heavy (non-hydrogen) atoms. The predicted molar refractivity (Wildman–Crippen MR) is 89.2 cm³/mol. The standard InChI is InChI=1S/C15H10N4O3S2/c16-7-11-12(17-8-23-11)15(18-4-5-24-15)19-13(20)9-2-1-3-10(6-9)14(21)22/h1-6,8,18H,(H,19,20)(H,21,22). The number of nitriles is 1. The Morgan fingerprint density at radius 1 is 1.38 bits per heavy atom. The number of benzene rings is 1. The topological polar surface area (TPSA) is 115 Å². The van der Waals surface area contributed by atoms with Crippen molar-refractivity contribution in [2.75, 3.05) is 0 Å². The number of nitrogens with zero attached hydrogens (tertiary/aromatic N) is 2. The van der Waals surface area contributed by atoms with Crippen LogP contribution in [0.15, 0.2) is 41.4 Å². The zero-order chi connectivity index (χ0) is 17.2. The summed E-state index contributed by atoms with van der Waals surface area (Å²) in [6, 6.07) is 7.79. The first-order valence-corrected chi connectivity index (χ1v) is 8.42. The number of amides is 1. The summed E-state index contributed by atoms with van der Waals surface area (Å²) in [7, 11) is 0. The number of carboxylic acids is 1. The van der Waals surface area contributed by atoms with Gasteiger partial charge in [-0.3, -0.25) is 4.79 Å². The van der Waals surface area contributed by atoms with E-state index in [0.29, 0.717) is 10.6 Å². The van der Waals surface area contributed by atoms with E-state index in [2.05, 4.69) is 21.7 Å². The van der Waals surface area contributed by atoms with Gasteiger partial charge in [0.2, 0.25) is 4.99 Å². The molecule has 0 saturated heterocycles. The molecule has 0 aliphatic carbocycles. The molecule has 0 radical (unpaired) electrons. The second-order valence-corrected chi connectivity index (χ2v) is 6.70. The van der Waals surface area contributed by atoms with E-state index >= 15 is 0 Å². The highest BCUT2D eigenvalue weighted by Crippen LogP contribution is 2.38. The molecule has 1 unspecified atom stereocenters. The summed E-state index contributed by atoms with van der Waals surface area (Å²) in [4.78, 5) is 27.1. The first kappa shape index (κ1) is 16.0. The van der Waals surface area contributed by atoms with Gasteiger partial charge in [-0.05, 0) is 23.6 Å². The summed E-state index contributed by atoms with van der Waals surface area (Å²) >= 11 is 2.45. The van der Waals surface area contributed by atoms with Crippen molar-refractivity contribution in [3.8, 4) is 6.07 Å². The van der Waals surface area contributed by atoms with Crippen molar-refractivity contribution in [3.63, 3.8) is 0 Å². The minimum Gasteiger partial charge on any atom is -0.478 e. The van der Waals surface area contributed by atoms with E-state index in [1.807, 2.05) is 0 Å². The molecule has 7 nitrogen and oxygen atoms in total. The van der Waals surface area contributed by atoms with Crippen LogP contribution >= 0.6 is 23.1 Å². The van der Waals surface area contributed by atoms with Gasteiger partial charge in [0.15, 0.2) is 0 Å². The summed E-state index contributed by atoms with van der Waals surface area (Å²) < 4.78 is 0. The van der Waals surface area contributed by atoms with Crippen molar-refractivity contribution in [3.05, 3.63) is 63.1 Å². The number of nitrogens with one attached hydrogen (secondary N) is 2. The average molecular weight is 358 g/mol. The van der Waals surface area contributed by atoms with Gasteiger partial charge in [-0.1, -0.05) is 17.8 Å². The van der Waals surface area contributed by atoms with E-state index in [9.17, 15) is 14.9 Å². The molecule has 0 saturated carbocycles. The van der Waals surface area contributed by atoms with Gasteiger partial charge in [0.25, 0.3) is 5.91 Å². The number of thioether (sulfide) groups is 1. The fourth-order valence-electron chi connectivity index (χ4n) is 2.17. The van der Waals surface area contributed by atoms with E-state index in [0.717, 1.165) is 0 Å². The summed E-state index contributed by atoms with van der Waals surface area (Å²) in [6.07, 6.45) is 1.65. The third-order valence-corrected chi connectivity index (χ3v) is 5.03. The molecule has 9 heteroatoms. The number of carbonyl (C=O) groups is 2. The molecule has 0 fully saturated rings. The van der Waals surface area contributed by atoms with Gasteiger partial charge in [0, 0.05) is 11.8 Å².